The molecule has 1 amide bonds. The minimum atomic E-state index is 0.0762. The van der Waals surface area contributed by atoms with Crippen LogP contribution in [-0.2, 0) is 0 Å². The second-order valence-corrected chi connectivity index (χ2v) is 5.87. The van der Waals surface area contributed by atoms with E-state index in [-0.39, 0.29) is 5.91 Å². The topological polar surface area (TPSA) is 20.3 Å². The Kier molecular flexibility index (Phi) is 5.12. The van der Waals surface area contributed by atoms with Crippen molar-refractivity contribution < 1.29 is 4.79 Å². The largest absolute Gasteiger partial charge is 0.334 e. The third-order valence-corrected chi connectivity index (χ3v) is 4.35. The van der Waals surface area contributed by atoms with Crippen LogP contribution in [0.15, 0.2) is 18.2 Å². The molecule has 1 aliphatic carbocycles. The van der Waals surface area contributed by atoms with Crippen molar-refractivity contribution in [2.24, 2.45) is 0 Å². The second-order valence-electron chi connectivity index (χ2n) is 5.09. The van der Waals surface area contributed by atoms with Crippen molar-refractivity contribution in [2.45, 2.75) is 38.6 Å². The number of hydrogen-bond donors (Lipinski definition) is 0. The average Bonchev–Trinajstić information content (AvgIpc) is 2.92. The molecule has 1 aromatic rings. The molecule has 0 spiro atoms. The summed E-state index contributed by atoms with van der Waals surface area (Å²) in [5, 5.41) is 0.696. The van der Waals surface area contributed by atoms with Crippen LogP contribution in [0.3, 0.4) is 0 Å². The summed E-state index contributed by atoms with van der Waals surface area (Å²) < 4.78 is 0. The number of benzene rings is 1. The molecular weight excluding hydrogens is 281 g/mol. The molecule has 104 valence electrons. The molecule has 1 aromatic carbocycles. The average molecular weight is 300 g/mol. The molecule has 0 bridgehead atoms. The zero-order valence-corrected chi connectivity index (χ0v) is 12.7. The molecule has 0 heterocycles. The summed E-state index contributed by atoms with van der Waals surface area (Å²) in [4.78, 5) is 14.5. The lowest BCUT2D eigenvalue weighted by atomic mass is 10.1. The van der Waals surface area contributed by atoms with Gasteiger partial charge >= 0.3 is 0 Å². The third kappa shape index (κ3) is 3.43. The van der Waals surface area contributed by atoms with Gasteiger partial charge in [0.1, 0.15) is 0 Å². The van der Waals surface area contributed by atoms with Gasteiger partial charge in [0.25, 0.3) is 5.91 Å². The second kappa shape index (κ2) is 6.62. The molecule has 2 rings (SSSR count). The zero-order chi connectivity index (χ0) is 13.8. The van der Waals surface area contributed by atoms with E-state index < -0.39 is 0 Å². The Morgan fingerprint density at radius 3 is 2.63 bits per heavy atom. The maximum atomic E-state index is 12.6. The number of rotatable bonds is 4. The monoisotopic (exact) mass is 299 g/mol. The van der Waals surface area contributed by atoms with Gasteiger partial charge in [-0.2, -0.15) is 0 Å². The molecular formula is C15H19Cl2NO. The molecule has 4 heteroatoms. The lowest BCUT2D eigenvalue weighted by Crippen LogP contribution is -2.40. The first-order valence-electron chi connectivity index (χ1n) is 6.76. The van der Waals surface area contributed by atoms with E-state index in [4.69, 9.17) is 23.2 Å². The number of amides is 1. The molecule has 0 radical (unpaired) electrons. The number of halogens is 2. The van der Waals surface area contributed by atoms with Gasteiger partial charge in [0, 0.05) is 29.1 Å². The first-order valence-corrected chi connectivity index (χ1v) is 7.68. The quantitative estimate of drug-likeness (QED) is 0.760. The minimum absolute atomic E-state index is 0.0762. The highest BCUT2D eigenvalue weighted by Gasteiger charge is 2.27. The standard InChI is InChI=1S/C15H19Cl2NO/c1-11-10-12(6-7-14(11)17)15(19)18(9-8-16)13-4-2-3-5-13/h6-7,10,13H,2-5,8-9H2,1H3. The van der Waals surface area contributed by atoms with Crippen LogP contribution in [0, 0.1) is 6.92 Å². The number of carbonyl (C=O) groups is 1. The van der Waals surface area contributed by atoms with Gasteiger partial charge in [-0.25, -0.2) is 0 Å². The summed E-state index contributed by atoms with van der Waals surface area (Å²) in [5.74, 6) is 0.557. The Morgan fingerprint density at radius 2 is 2.05 bits per heavy atom. The molecule has 0 N–H and O–H groups in total. The zero-order valence-electron chi connectivity index (χ0n) is 11.2. The van der Waals surface area contributed by atoms with Crippen LogP contribution in [0.5, 0.6) is 0 Å². The summed E-state index contributed by atoms with van der Waals surface area (Å²) in [6.07, 6.45) is 4.59. The Hall–Kier alpha value is -0.730. The van der Waals surface area contributed by atoms with Crippen molar-refractivity contribution in [3.8, 4) is 0 Å². The SMILES string of the molecule is Cc1cc(C(=O)N(CCCl)C2CCCC2)ccc1Cl. The Balaban J connectivity index is 2.20. The highest BCUT2D eigenvalue weighted by molar-refractivity contribution is 6.31. The molecule has 1 saturated carbocycles. The van der Waals surface area contributed by atoms with Gasteiger partial charge in [-0.05, 0) is 43.5 Å². The Labute approximate surface area is 124 Å². The third-order valence-electron chi connectivity index (χ3n) is 3.76. The number of carbonyl (C=O) groups excluding carboxylic acids is 1. The van der Waals surface area contributed by atoms with Crippen molar-refractivity contribution in [2.75, 3.05) is 12.4 Å². The number of nitrogens with zero attached hydrogens (tertiary/aromatic N) is 1. The first-order chi connectivity index (χ1) is 9.13. The van der Waals surface area contributed by atoms with Crippen molar-refractivity contribution in [3.63, 3.8) is 0 Å². The highest BCUT2D eigenvalue weighted by Crippen LogP contribution is 2.26. The normalized spacial score (nSPS) is 15.7. The molecule has 0 aliphatic heterocycles. The molecule has 2 nitrogen and oxygen atoms in total. The number of hydrogen-bond acceptors (Lipinski definition) is 1. The van der Waals surface area contributed by atoms with Crippen LogP contribution < -0.4 is 0 Å². The van der Waals surface area contributed by atoms with E-state index in [2.05, 4.69) is 0 Å². The van der Waals surface area contributed by atoms with Crippen LogP contribution in [0.4, 0.5) is 0 Å². The van der Waals surface area contributed by atoms with E-state index in [1.54, 1.807) is 12.1 Å². The van der Waals surface area contributed by atoms with Crippen molar-refractivity contribution in [1.29, 1.82) is 0 Å². The van der Waals surface area contributed by atoms with Crippen LogP contribution >= 0.6 is 23.2 Å². The predicted octanol–water partition coefficient (Wildman–Crippen LogP) is 4.27. The summed E-state index contributed by atoms with van der Waals surface area (Å²) in [7, 11) is 0. The summed E-state index contributed by atoms with van der Waals surface area (Å²) in [6, 6.07) is 5.80. The lowest BCUT2D eigenvalue weighted by Gasteiger charge is -2.28. The van der Waals surface area contributed by atoms with Gasteiger partial charge < -0.3 is 4.90 Å². The van der Waals surface area contributed by atoms with Gasteiger partial charge in [0.05, 0.1) is 0 Å². The van der Waals surface area contributed by atoms with Crippen LogP contribution in [0.1, 0.15) is 41.6 Å². The van der Waals surface area contributed by atoms with Crippen LogP contribution in [-0.4, -0.2) is 29.3 Å². The van der Waals surface area contributed by atoms with Gasteiger partial charge in [-0.15, -0.1) is 11.6 Å². The molecule has 0 saturated heterocycles. The molecule has 1 aliphatic rings. The Bertz CT molecular complexity index is 455. The maximum absolute atomic E-state index is 12.6. The van der Waals surface area contributed by atoms with Crippen molar-refractivity contribution in [3.05, 3.63) is 34.3 Å². The summed E-state index contributed by atoms with van der Waals surface area (Å²) in [6.45, 7) is 2.54. The van der Waals surface area contributed by atoms with Crippen LogP contribution in [0.25, 0.3) is 0 Å². The first kappa shape index (κ1) is 14.7. The van der Waals surface area contributed by atoms with E-state index >= 15 is 0 Å². The summed E-state index contributed by atoms with van der Waals surface area (Å²) >= 11 is 11.9. The fraction of sp³-hybridized carbons (Fsp3) is 0.533. The molecule has 1 fully saturated rings. The van der Waals surface area contributed by atoms with Gasteiger partial charge in [-0.3, -0.25) is 4.79 Å². The van der Waals surface area contributed by atoms with E-state index in [1.807, 2.05) is 17.9 Å². The van der Waals surface area contributed by atoms with Gasteiger partial charge in [0.2, 0.25) is 0 Å². The van der Waals surface area contributed by atoms with Crippen LogP contribution in [0.2, 0.25) is 5.02 Å². The smallest absolute Gasteiger partial charge is 0.254 e. The van der Waals surface area contributed by atoms with E-state index in [0.29, 0.717) is 29.1 Å². The molecule has 0 atom stereocenters. The van der Waals surface area contributed by atoms with Crippen molar-refractivity contribution >= 4 is 29.1 Å². The maximum Gasteiger partial charge on any atom is 0.254 e. The Morgan fingerprint density at radius 1 is 1.37 bits per heavy atom. The number of aryl methyl sites for hydroxylation is 1. The number of alkyl halides is 1. The highest BCUT2D eigenvalue weighted by atomic mass is 35.5. The van der Waals surface area contributed by atoms with E-state index in [0.717, 1.165) is 18.4 Å². The van der Waals surface area contributed by atoms with Gasteiger partial charge in [0.15, 0.2) is 0 Å². The van der Waals surface area contributed by atoms with E-state index in [1.165, 1.54) is 12.8 Å². The minimum Gasteiger partial charge on any atom is -0.334 e. The molecule has 19 heavy (non-hydrogen) atoms. The molecule has 0 unspecified atom stereocenters. The van der Waals surface area contributed by atoms with Gasteiger partial charge in [-0.1, -0.05) is 24.4 Å². The fourth-order valence-corrected chi connectivity index (χ4v) is 3.00. The van der Waals surface area contributed by atoms with Crippen molar-refractivity contribution in [1.82, 2.24) is 4.90 Å². The fourth-order valence-electron chi connectivity index (χ4n) is 2.70. The lowest BCUT2D eigenvalue weighted by molar-refractivity contribution is 0.0695. The molecule has 0 aromatic heterocycles. The summed E-state index contributed by atoms with van der Waals surface area (Å²) in [5.41, 5.74) is 1.64. The van der Waals surface area contributed by atoms with E-state index in [9.17, 15) is 4.79 Å². The predicted molar refractivity (Wildman–Crippen MR) is 80.2 cm³/mol.